The van der Waals surface area contributed by atoms with Crippen LogP contribution in [-0.4, -0.2) is 38.4 Å². The van der Waals surface area contributed by atoms with Crippen molar-refractivity contribution in [3.8, 4) is 11.8 Å². The Morgan fingerprint density at radius 3 is 3.10 bits per heavy atom. The van der Waals surface area contributed by atoms with E-state index < -0.39 is 10.0 Å². The van der Waals surface area contributed by atoms with E-state index in [0.717, 1.165) is 12.8 Å². The highest BCUT2D eigenvalue weighted by Gasteiger charge is 2.23. The number of sulfonamides is 1. The summed E-state index contributed by atoms with van der Waals surface area (Å²) in [7, 11) is -3.47. The van der Waals surface area contributed by atoms with E-state index in [0.29, 0.717) is 12.2 Å². The number of nitrogens with zero attached hydrogens (tertiary/aromatic N) is 1. The van der Waals surface area contributed by atoms with Gasteiger partial charge in [-0.25, -0.2) is 13.4 Å². The van der Waals surface area contributed by atoms with Gasteiger partial charge in [-0.2, -0.15) is 0 Å². The lowest BCUT2D eigenvalue weighted by Gasteiger charge is -2.11. The maximum atomic E-state index is 12.0. The van der Waals surface area contributed by atoms with Crippen LogP contribution in [0.15, 0.2) is 18.3 Å². The molecule has 7 heteroatoms. The quantitative estimate of drug-likeness (QED) is 0.780. The molecule has 0 aliphatic carbocycles. The van der Waals surface area contributed by atoms with Crippen molar-refractivity contribution in [1.82, 2.24) is 4.98 Å². The van der Waals surface area contributed by atoms with Gasteiger partial charge in [0.05, 0.1) is 18.4 Å². The molecule has 20 heavy (non-hydrogen) atoms. The molecule has 0 spiro atoms. The zero-order valence-electron chi connectivity index (χ0n) is 11.0. The Morgan fingerprint density at radius 1 is 1.55 bits per heavy atom. The highest BCUT2D eigenvalue weighted by molar-refractivity contribution is 7.92. The van der Waals surface area contributed by atoms with Crippen LogP contribution in [0.5, 0.6) is 0 Å². The van der Waals surface area contributed by atoms with Crippen LogP contribution in [0, 0.1) is 11.8 Å². The van der Waals surface area contributed by atoms with Crippen LogP contribution < -0.4 is 10.5 Å². The molecule has 0 amide bonds. The van der Waals surface area contributed by atoms with Crippen LogP contribution in [0.25, 0.3) is 0 Å². The average molecular weight is 295 g/mol. The Morgan fingerprint density at radius 2 is 2.40 bits per heavy atom. The Balaban J connectivity index is 2.04. The van der Waals surface area contributed by atoms with E-state index in [1.807, 2.05) is 0 Å². The van der Waals surface area contributed by atoms with Crippen molar-refractivity contribution in [1.29, 1.82) is 0 Å². The number of aromatic nitrogens is 1. The topological polar surface area (TPSA) is 94.3 Å². The minimum atomic E-state index is -3.47. The first kappa shape index (κ1) is 14.8. The molecule has 1 unspecified atom stereocenters. The first-order valence-corrected chi connectivity index (χ1v) is 8.01. The molecular weight excluding hydrogens is 278 g/mol. The smallest absolute Gasteiger partial charge is 0.236 e. The summed E-state index contributed by atoms with van der Waals surface area (Å²) in [5.74, 6) is 5.74. The Kier molecular flexibility index (Phi) is 4.95. The summed E-state index contributed by atoms with van der Waals surface area (Å²) in [5.41, 5.74) is 5.96. The molecule has 2 heterocycles. The molecule has 1 saturated heterocycles. The van der Waals surface area contributed by atoms with Crippen molar-refractivity contribution in [3.63, 3.8) is 0 Å². The normalized spacial score (nSPS) is 18.4. The van der Waals surface area contributed by atoms with Crippen molar-refractivity contribution < 1.29 is 13.2 Å². The van der Waals surface area contributed by atoms with Gasteiger partial charge in [-0.3, -0.25) is 4.72 Å². The van der Waals surface area contributed by atoms with Crippen LogP contribution in [0.3, 0.4) is 0 Å². The minimum absolute atomic E-state index is 0.0482. The molecule has 3 N–H and O–H groups in total. The van der Waals surface area contributed by atoms with Crippen molar-refractivity contribution in [2.45, 2.75) is 18.9 Å². The second kappa shape index (κ2) is 6.70. The van der Waals surface area contributed by atoms with Gasteiger partial charge >= 0.3 is 0 Å². The van der Waals surface area contributed by atoms with Gasteiger partial charge in [-0.05, 0) is 25.0 Å². The van der Waals surface area contributed by atoms with E-state index in [2.05, 4.69) is 21.5 Å². The molecule has 1 aromatic heterocycles. The highest BCUT2D eigenvalue weighted by atomic mass is 32.2. The lowest BCUT2D eigenvalue weighted by Crippen LogP contribution is -2.26. The Labute approximate surface area is 118 Å². The van der Waals surface area contributed by atoms with Crippen molar-refractivity contribution in [3.05, 3.63) is 23.9 Å². The van der Waals surface area contributed by atoms with E-state index in [4.69, 9.17) is 10.5 Å². The molecule has 108 valence electrons. The minimum Gasteiger partial charge on any atom is -0.377 e. The molecule has 1 aliphatic rings. The number of nitrogens with one attached hydrogen (secondary N) is 1. The van der Waals surface area contributed by atoms with Gasteiger partial charge in [-0.15, -0.1) is 0 Å². The van der Waals surface area contributed by atoms with Crippen LogP contribution in [-0.2, 0) is 14.8 Å². The van der Waals surface area contributed by atoms with Crippen molar-refractivity contribution >= 4 is 15.8 Å². The first-order valence-electron chi connectivity index (χ1n) is 6.36. The lowest BCUT2D eigenvalue weighted by atomic mass is 10.2. The summed E-state index contributed by atoms with van der Waals surface area (Å²) in [4.78, 5) is 3.98. The number of pyridine rings is 1. The molecule has 1 aliphatic heterocycles. The molecule has 1 atom stereocenters. The van der Waals surface area contributed by atoms with Crippen LogP contribution in [0.4, 0.5) is 5.82 Å². The standard InChI is InChI=1S/C13H17N3O3S/c14-6-1-3-11-5-7-15-13(9-11)16-20(17,18)10-12-4-2-8-19-12/h5,7,9,12H,2,4,6,8,10,14H2,(H,15,16). The fourth-order valence-corrected chi connectivity index (χ4v) is 3.20. The van der Waals surface area contributed by atoms with Crippen LogP contribution in [0.1, 0.15) is 18.4 Å². The van der Waals surface area contributed by atoms with Gasteiger partial charge in [0.15, 0.2) is 0 Å². The van der Waals surface area contributed by atoms with Crippen LogP contribution in [0.2, 0.25) is 0 Å². The SMILES string of the molecule is NCC#Cc1ccnc(NS(=O)(=O)CC2CCCO2)c1. The Bertz CT molecular complexity index is 613. The maximum absolute atomic E-state index is 12.0. The number of hydrogen-bond donors (Lipinski definition) is 2. The van der Waals surface area contributed by atoms with Crippen LogP contribution >= 0.6 is 0 Å². The second-order valence-corrected chi connectivity index (χ2v) is 6.22. The molecule has 1 aromatic rings. The summed E-state index contributed by atoms with van der Waals surface area (Å²) in [5, 5.41) is 0. The summed E-state index contributed by atoms with van der Waals surface area (Å²) in [6, 6.07) is 3.27. The van der Waals surface area contributed by atoms with E-state index in [9.17, 15) is 8.42 Å². The second-order valence-electron chi connectivity index (χ2n) is 4.45. The third kappa shape index (κ3) is 4.49. The van der Waals surface area contributed by atoms with Gasteiger partial charge in [0, 0.05) is 18.4 Å². The molecule has 0 saturated carbocycles. The summed E-state index contributed by atoms with van der Waals surface area (Å²) >= 11 is 0. The van der Waals surface area contributed by atoms with Gasteiger partial charge in [0.2, 0.25) is 10.0 Å². The molecule has 0 radical (unpaired) electrons. The number of ether oxygens (including phenoxy) is 1. The van der Waals surface area contributed by atoms with Gasteiger partial charge in [0.1, 0.15) is 5.82 Å². The fraction of sp³-hybridized carbons (Fsp3) is 0.462. The molecule has 0 aromatic carbocycles. The molecule has 2 rings (SSSR count). The third-order valence-electron chi connectivity index (χ3n) is 2.78. The van der Waals surface area contributed by atoms with E-state index in [1.54, 1.807) is 12.1 Å². The summed E-state index contributed by atoms with van der Waals surface area (Å²) < 4.78 is 31.8. The van der Waals surface area contributed by atoms with Crippen molar-refractivity contribution in [2.75, 3.05) is 23.6 Å². The third-order valence-corrected chi connectivity index (χ3v) is 4.11. The molecule has 1 fully saturated rings. The summed E-state index contributed by atoms with van der Waals surface area (Å²) in [6.45, 7) is 0.880. The molecule has 0 bridgehead atoms. The average Bonchev–Trinajstić information content (AvgIpc) is 2.88. The maximum Gasteiger partial charge on any atom is 0.236 e. The lowest BCUT2D eigenvalue weighted by molar-refractivity contribution is 0.127. The highest BCUT2D eigenvalue weighted by Crippen LogP contribution is 2.15. The monoisotopic (exact) mass is 295 g/mol. The molecular formula is C13H17N3O3S. The largest absolute Gasteiger partial charge is 0.377 e. The zero-order valence-corrected chi connectivity index (χ0v) is 11.8. The van der Waals surface area contributed by atoms with E-state index in [-0.39, 0.29) is 24.2 Å². The number of rotatable bonds is 4. The van der Waals surface area contributed by atoms with Crippen molar-refractivity contribution in [2.24, 2.45) is 5.73 Å². The van der Waals surface area contributed by atoms with Gasteiger partial charge < -0.3 is 10.5 Å². The number of anilines is 1. The molecule has 6 nitrogen and oxygen atoms in total. The van der Waals surface area contributed by atoms with Gasteiger partial charge in [-0.1, -0.05) is 11.8 Å². The van der Waals surface area contributed by atoms with Gasteiger partial charge in [0.25, 0.3) is 0 Å². The first-order chi connectivity index (χ1) is 9.59. The number of nitrogens with two attached hydrogens (primary N) is 1. The van der Waals surface area contributed by atoms with E-state index in [1.165, 1.54) is 6.20 Å². The fourth-order valence-electron chi connectivity index (χ4n) is 1.94. The predicted octanol–water partition coefficient (Wildman–Crippen LogP) is 0.312. The van der Waals surface area contributed by atoms with E-state index >= 15 is 0 Å². The zero-order chi connectivity index (χ0) is 14.4. The summed E-state index contributed by atoms with van der Waals surface area (Å²) in [6.07, 6.45) is 2.95. The Hall–Kier alpha value is -1.62. The predicted molar refractivity (Wildman–Crippen MR) is 76.6 cm³/mol. The number of hydrogen-bond acceptors (Lipinski definition) is 5.